The molecule has 0 spiro atoms. The van der Waals surface area contributed by atoms with E-state index in [1.54, 1.807) is 0 Å². The molecule has 1 N–H and O–H groups in total. The predicted molar refractivity (Wildman–Crippen MR) is 81.7 cm³/mol. The number of hydrazone groups is 1. The van der Waals surface area contributed by atoms with Gasteiger partial charge in [0.25, 0.3) is 11.6 Å². The maximum atomic E-state index is 13.0. The second-order valence-electron chi connectivity index (χ2n) is 4.31. The first-order chi connectivity index (χ1) is 10.9. The smallest absolute Gasteiger partial charge is 0.271 e. The molecule has 0 aliphatic heterocycles. The van der Waals surface area contributed by atoms with Gasteiger partial charge in [-0.05, 0) is 23.8 Å². The lowest BCUT2D eigenvalue weighted by molar-refractivity contribution is -0.385. The van der Waals surface area contributed by atoms with Crippen molar-refractivity contribution < 1.29 is 19.2 Å². The number of carbonyl (C=O) groups is 1. The van der Waals surface area contributed by atoms with Crippen molar-refractivity contribution in [3.63, 3.8) is 0 Å². The Morgan fingerprint density at radius 3 is 2.74 bits per heavy atom. The summed E-state index contributed by atoms with van der Waals surface area (Å²) in [6, 6.07) is 7.06. The number of nitrogens with zero attached hydrogens (tertiary/aromatic N) is 2. The first-order valence-electron chi connectivity index (χ1n) is 6.12. The molecule has 0 saturated carbocycles. The number of amides is 1. The quantitative estimate of drug-likeness (QED) is 0.498. The summed E-state index contributed by atoms with van der Waals surface area (Å²) in [5.41, 5.74) is 1.78. The van der Waals surface area contributed by atoms with E-state index in [0.717, 1.165) is 24.4 Å². The van der Waals surface area contributed by atoms with Crippen LogP contribution in [0.5, 0.6) is 5.75 Å². The topological polar surface area (TPSA) is 108 Å². The van der Waals surface area contributed by atoms with Gasteiger partial charge >= 0.3 is 0 Å². The van der Waals surface area contributed by atoms with E-state index >= 15 is 0 Å². The molecular weight excluding hydrogens is 373 g/mol. The van der Waals surface area contributed by atoms with Crippen molar-refractivity contribution in [1.29, 1.82) is 0 Å². The summed E-state index contributed by atoms with van der Waals surface area (Å²) in [6.07, 6.45) is 0.983. The second kappa shape index (κ2) is 6.97. The maximum absolute atomic E-state index is 13.0. The monoisotopic (exact) mass is 380 g/mol. The van der Waals surface area contributed by atoms with Gasteiger partial charge in [0.05, 0.1) is 11.1 Å². The van der Waals surface area contributed by atoms with Crippen LogP contribution in [0.15, 0.2) is 46.0 Å². The minimum Gasteiger partial charge on any atom is -0.871 e. The van der Waals surface area contributed by atoms with Gasteiger partial charge in [-0.1, -0.05) is 27.7 Å². The van der Waals surface area contributed by atoms with Crippen LogP contribution in [0.3, 0.4) is 0 Å². The average molecular weight is 381 g/mol. The Morgan fingerprint density at radius 1 is 1.35 bits per heavy atom. The summed E-state index contributed by atoms with van der Waals surface area (Å²) < 4.78 is 13.0. The molecule has 0 unspecified atom stereocenters. The number of hydrogen-bond acceptors (Lipinski definition) is 5. The van der Waals surface area contributed by atoms with Gasteiger partial charge in [0, 0.05) is 22.2 Å². The van der Waals surface area contributed by atoms with Crippen molar-refractivity contribution in [1.82, 2.24) is 5.43 Å². The average Bonchev–Trinajstić information content (AvgIpc) is 2.50. The standard InChI is InChI=1S/C14H9BrFN3O4/c15-12-6-11(19(22)23)5-9(13(12)20)7-17-18-14(21)8-2-1-3-10(16)4-8/h1-7,20H,(H,18,21)/p-1/b17-7-. The first-order valence-corrected chi connectivity index (χ1v) is 6.91. The largest absolute Gasteiger partial charge is 0.871 e. The van der Waals surface area contributed by atoms with Crippen LogP contribution in [0.4, 0.5) is 10.1 Å². The zero-order valence-electron chi connectivity index (χ0n) is 11.3. The van der Waals surface area contributed by atoms with Crippen molar-refractivity contribution in [3.05, 3.63) is 67.9 Å². The summed E-state index contributed by atoms with van der Waals surface area (Å²) in [5.74, 6) is -1.77. The third-order valence-electron chi connectivity index (χ3n) is 2.72. The second-order valence-corrected chi connectivity index (χ2v) is 5.17. The fourth-order valence-electron chi connectivity index (χ4n) is 1.66. The fraction of sp³-hybridized carbons (Fsp3) is 0. The Hall–Kier alpha value is -2.81. The van der Waals surface area contributed by atoms with E-state index in [0.29, 0.717) is 0 Å². The van der Waals surface area contributed by atoms with Crippen LogP contribution in [0.1, 0.15) is 15.9 Å². The van der Waals surface area contributed by atoms with E-state index in [-0.39, 0.29) is 21.3 Å². The molecule has 2 aromatic rings. The number of nitro benzene ring substituents is 1. The minimum atomic E-state index is -0.683. The number of benzene rings is 2. The Kier molecular flexibility index (Phi) is 5.02. The molecule has 2 rings (SSSR count). The zero-order valence-corrected chi connectivity index (χ0v) is 12.9. The molecular formula is C14H8BrFN3O4-. The normalized spacial score (nSPS) is 10.7. The van der Waals surface area contributed by atoms with Gasteiger partial charge in [-0.2, -0.15) is 5.10 Å². The zero-order chi connectivity index (χ0) is 17.0. The lowest BCUT2D eigenvalue weighted by atomic mass is 10.2. The molecule has 0 aromatic heterocycles. The number of halogens is 2. The van der Waals surface area contributed by atoms with Crippen LogP contribution in [0, 0.1) is 15.9 Å². The fourth-order valence-corrected chi connectivity index (χ4v) is 2.12. The van der Waals surface area contributed by atoms with Gasteiger partial charge in [0.1, 0.15) is 5.82 Å². The highest BCUT2D eigenvalue weighted by molar-refractivity contribution is 9.10. The number of nitrogens with one attached hydrogen (secondary N) is 1. The van der Waals surface area contributed by atoms with Crippen molar-refractivity contribution in [3.8, 4) is 5.75 Å². The Morgan fingerprint density at radius 2 is 2.09 bits per heavy atom. The molecule has 0 fully saturated rings. The number of nitro groups is 1. The highest BCUT2D eigenvalue weighted by Gasteiger charge is 2.10. The predicted octanol–water partition coefficient (Wildman–Crippen LogP) is 2.33. The summed E-state index contributed by atoms with van der Waals surface area (Å²) in [7, 11) is 0. The molecule has 1 amide bonds. The molecule has 0 radical (unpaired) electrons. The maximum Gasteiger partial charge on any atom is 0.271 e. The Bertz CT molecular complexity index is 811. The van der Waals surface area contributed by atoms with Crippen molar-refractivity contribution in [2.75, 3.05) is 0 Å². The van der Waals surface area contributed by atoms with Gasteiger partial charge in [0.2, 0.25) is 0 Å². The summed E-state index contributed by atoms with van der Waals surface area (Å²) in [6.45, 7) is 0. The minimum absolute atomic E-state index is 0.00427. The number of carbonyl (C=O) groups excluding carboxylic acids is 1. The molecule has 0 aliphatic rings. The third-order valence-corrected chi connectivity index (χ3v) is 3.31. The lowest BCUT2D eigenvalue weighted by Gasteiger charge is -2.12. The van der Waals surface area contributed by atoms with E-state index in [1.165, 1.54) is 18.2 Å². The molecule has 0 bridgehead atoms. The van der Waals surface area contributed by atoms with E-state index in [2.05, 4.69) is 26.5 Å². The highest BCUT2D eigenvalue weighted by atomic mass is 79.9. The number of hydrogen-bond donors (Lipinski definition) is 1. The SMILES string of the molecule is O=C(N/N=C\c1cc([N+](=O)[O-])cc(Br)c1[O-])c1cccc(F)c1. The van der Waals surface area contributed by atoms with Crippen molar-refractivity contribution >= 4 is 33.7 Å². The molecule has 118 valence electrons. The van der Waals surface area contributed by atoms with Crippen LogP contribution < -0.4 is 10.5 Å². The number of rotatable bonds is 4. The Labute approximate surface area is 137 Å². The molecule has 9 heteroatoms. The number of non-ortho nitro benzene ring substituents is 1. The van der Waals surface area contributed by atoms with E-state index in [4.69, 9.17) is 0 Å². The molecule has 0 heterocycles. The van der Waals surface area contributed by atoms with Gasteiger partial charge in [-0.3, -0.25) is 14.9 Å². The van der Waals surface area contributed by atoms with Crippen LogP contribution in [0.25, 0.3) is 0 Å². The molecule has 0 aliphatic carbocycles. The summed E-state index contributed by atoms with van der Waals surface area (Å²) in [5, 5.41) is 26.1. The summed E-state index contributed by atoms with van der Waals surface area (Å²) in [4.78, 5) is 21.8. The third kappa shape index (κ3) is 4.10. The van der Waals surface area contributed by atoms with E-state index < -0.39 is 22.4 Å². The molecule has 23 heavy (non-hydrogen) atoms. The van der Waals surface area contributed by atoms with Crippen LogP contribution in [-0.4, -0.2) is 17.0 Å². The Balaban J connectivity index is 2.17. The molecule has 2 aromatic carbocycles. The van der Waals surface area contributed by atoms with Gasteiger partial charge in [-0.15, -0.1) is 0 Å². The molecule has 0 atom stereocenters. The molecule has 7 nitrogen and oxygen atoms in total. The lowest BCUT2D eigenvalue weighted by Crippen LogP contribution is -2.17. The van der Waals surface area contributed by atoms with E-state index in [9.17, 15) is 24.4 Å². The van der Waals surface area contributed by atoms with Gasteiger partial charge < -0.3 is 5.11 Å². The van der Waals surface area contributed by atoms with Gasteiger partial charge in [-0.25, -0.2) is 9.82 Å². The van der Waals surface area contributed by atoms with Crippen LogP contribution >= 0.6 is 15.9 Å². The van der Waals surface area contributed by atoms with Gasteiger partial charge in [0.15, 0.2) is 0 Å². The summed E-state index contributed by atoms with van der Waals surface area (Å²) >= 11 is 2.92. The highest BCUT2D eigenvalue weighted by Crippen LogP contribution is 2.29. The first kappa shape index (κ1) is 16.6. The van der Waals surface area contributed by atoms with Crippen molar-refractivity contribution in [2.45, 2.75) is 0 Å². The van der Waals surface area contributed by atoms with E-state index in [1.807, 2.05) is 0 Å². The van der Waals surface area contributed by atoms with Crippen LogP contribution in [0.2, 0.25) is 0 Å². The van der Waals surface area contributed by atoms with Crippen molar-refractivity contribution in [2.24, 2.45) is 5.10 Å². The molecule has 0 saturated heterocycles. The van der Waals surface area contributed by atoms with Crippen LogP contribution in [-0.2, 0) is 0 Å².